The minimum absolute atomic E-state index is 0.892. The van der Waals surface area contributed by atoms with E-state index in [1.54, 1.807) is 0 Å². The topological polar surface area (TPSA) is 25.2 Å². The highest BCUT2D eigenvalue weighted by atomic mass is 79.9. The van der Waals surface area contributed by atoms with Crippen molar-refractivity contribution < 1.29 is 5.11 Å². The molecule has 0 bridgehead atoms. The molecule has 24 heavy (non-hydrogen) atoms. The van der Waals surface area contributed by atoms with Crippen molar-refractivity contribution in [1.82, 2.24) is 4.57 Å². The highest BCUT2D eigenvalue weighted by Crippen LogP contribution is 2.36. The summed E-state index contributed by atoms with van der Waals surface area (Å²) in [4.78, 5) is 0. The van der Waals surface area contributed by atoms with Gasteiger partial charge in [-0.05, 0) is 44.2 Å². The van der Waals surface area contributed by atoms with Crippen LogP contribution in [0.3, 0.4) is 0 Å². The fourth-order valence-electron chi connectivity index (χ4n) is 3.38. The Bertz CT molecular complexity index is 1000. The first-order chi connectivity index (χ1) is 11.5. The number of fused-ring (bicyclic) bond motifs is 3. The summed E-state index contributed by atoms with van der Waals surface area (Å²) in [5.74, 6) is 0. The van der Waals surface area contributed by atoms with Crippen LogP contribution in [0.5, 0.6) is 0 Å². The van der Waals surface area contributed by atoms with Crippen molar-refractivity contribution in [3.8, 4) is 5.69 Å². The van der Waals surface area contributed by atoms with Crippen molar-refractivity contribution in [3.05, 3.63) is 76.8 Å². The second kappa shape index (κ2) is 5.47. The monoisotopic (exact) mass is 379 g/mol. The molecule has 0 unspecified atom stereocenters. The van der Waals surface area contributed by atoms with Gasteiger partial charge in [0.15, 0.2) is 0 Å². The number of halogens is 1. The molecule has 0 aliphatic heterocycles. The number of aliphatic hydroxyl groups is 1. The molecule has 0 fully saturated rings. The Morgan fingerprint density at radius 2 is 1.38 bits per heavy atom. The third-order valence-electron chi connectivity index (χ3n) is 4.44. The largest absolute Gasteiger partial charge is 0.386 e. The summed E-state index contributed by atoms with van der Waals surface area (Å²) >= 11 is 3.53. The van der Waals surface area contributed by atoms with Gasteiger partial charge in [-0.2, -0.15) is 0 Å². The number of hydrogen-bond donors (Lipinski definition) is 1. The van der Waals surface area contributed by atoms with Crippen LogP contribution in [0, 0.1) is 0 Å². The van der Waals surface area contributed by atoms with Gasteiger partial charge in [-0.15, -0.1) is 0 Å². The molecule has 3 heteroatoms. The molecule has 0 amide bonds. The van der Waals surface area contributed by atoms with Crippen molar-refractivity contribution in [2.24, 2.45) is 0 Å². The van der Waals surface area contributed by atoms with Crippen LogP contribution in [-0.2, 0) is 5.60 Å². The molecule has 0 saturated carbocycles. The van der Waals surface area contributed by atoms with Gasteiger partial charge in [0.25, 0.3) is 0 Å². The van der Waals surface area contributed by atoms with Crippen LogP contribution in [0.25, 0.3) is 27.5 Å². The van der Waals surface area contributed by atoms with Crippen LogP contribution in [0.1, 0.15) is 19.4 Å². The van der Waals surface area contributed by atoms with Crippen molar-refractivity contribution in [1.29, 1.82) is 0 Å². The van der Waals surface area contributed by atoms with E-state index < -0.39 is 5.60 Å². The Kier molecular flexibility index (Phi) is 3.52. The number of hydrogen-bond acceptors (Lipinski definition) is 1. The third kappa shape index (κ3) is 2.36. The SMILES string of the molecule is CC(C)(O)c1cc(Br)ccc1-n1c2ccccc2c2ccccc21. The lowest BCUT2D eigenvalue weighted by molar-refractivity contribution is 0.0785. The summed E-state index contributed by atoms with van der Waals surface area (Å²) in [6, 6.07) is 22.9. The van der Waals surface area contributed by atoms with Crippen LogP contribution in [-0.4, -0.2) is 9.67 Å². The number of benzene rings is 3. The first-order valence-corrected chi connectivity index (χ1v) is 8.77. The molecule has 2 nitrogen and oxygen atoms in total. The van der Waals surface area contributed by atoms with E-state index in [1.807, 2.05) is 26.0 Å². The second-order valence-corrected chi connectivity index (χ2v) is 7.51. The van der Waals surface area contributed by atoms with E-state index in [4.69, 9.17) is 0 Å². The predicted octanol–water partition coefficient (Wildman–Crippen LogP) is 5.77. The zero-order valence-corrected chi connectivity index (χ0v) is 15.2. The number of aromatic nitrogens is 1. The van der Waals surface area contributed by atoms with Gasteiger partial charge in [-0.25, -0.2) is 0 Å². The van der Waals surface area contributed by atoms with Crippen molar-refractivity contribution in [2.75, 3.05) is 0 Å². The maximum Gasteiger partial charge on any atom is 0.0861 e. The van der Waals surface area contributed by atoms with Gasteiger partial charge in [-0.1, -0.05) is 52.3 Å². The Morgan fingerprint density at radius 3 is 1.92 bits per heavy atom. The maximum absolute atomic E-state index is 10.7. The highest BCUT2D eigenvalue weighted by molar-refractivity contribution is 9.10. The van der Waals surface area contributed by atoms with E-state index in [1.165, 1.54) is 10.8 Å². The average molecular weight is 380 g/mol. The molecule has 1 aromatic heterocycles. The smallest absolute Gasteiger partial charge is 0.0861 e. The van der Waals surface area contributed by atoms with Gasteiger partial charge in [0.1, 0.15) is 0 Å². The van der Waals surface area contributed by atoms with Gasteiger partial charge in [-0.3, -0.25) is 0 Å². The van der Waals surface area contributed by atoms with E-state index >= 15 is 0 Å². The summed E-state index contributed by atoms with van der Waals surface area (Å²) in [7, 11) is 0. The summed E-state index contributed by atoms with van der Waals surface area (Å²) in [6.07, 6.45) is 0. The molecule has 0 radical (unpaired) electrons. The lowest BCUT2D eigenvalue weighted by Gasteiger charge is -2.23. The van der Waals surface area contributed by atoms with Crippen LogP contribution < -0.4 is 0 Å². The molecule has 3 aromatic carbocycles. The van der Waals surface area contributed by atoms with Gasteiger partial charge < -0.3 is 9.67 Å². The van der Waals surface area contributed by atoms with E-state index in [0.29, 0.717) is 0 Å². The molecule has 4 aromatic rings. The predicted molar refractivity (Wildman–Crippen MR) is 104 cm³/mol. The second-order valence-electron chi connectivity index (χ2n) is 6.59. The number of rotatable bonds is 2. The molecule has 0 spiro atoms. The number of nitrogens with zero attached hydrogens (tertiary/aromatic N) is 1. The van der Waals surface area contributed by atoms with Gasteiger partial charge in [0.05, 0.1) is 22.3 Å². The standard InChI is InChI=1S/C21H18BrNO/c1-21(2,24)17-13-14(22)11-12-20(17)23-18-9-5-3-7-15(18)16-8-4-6-10-19(16)23/h3-13,24H,1-2H3. The zero-order valence-electron chi connectivity index (χ0n) is 13.6. The maximum atomic E-state index is 10.7. The minimum atomic E-state index is -0.939. The van der Waals surface area contributed by atoms with Crippen molar-refractivity contribution in [2.45, 2.75) is 19.4 Å². The van der Waals surface area contributed by atoms with Gasteiger partial charge in [0, 0.05) is 20.8 Å². The average Bonchev–Trinajstić information content (AvgIpc) is 2.89. The molecule has 1 heterocycles. The molecular weight excluding hydrogens is 362 g/mol. The third-order valence-corrected chi connectivity index (χ3v) is 4.93. The van der Waals surface area contributed by atoms with Crippen molar-refractivity contribution >= 4 is 37.7 Å². The fraction of sp³-hybridized carbons (Fsp3) is 0.143. The molecule has 1 N–H and O–H groups in total. The van der Waals surface area contributed by atoms with E-state index in [0.717, 1.165) is 26.8 Å². The molecule has 0 saturated heterocycles. The van der Waals surface area contributed by atoms with E-state index in [9.17, 15) is 5.11 Å². The first kappa shape index (κ1) is 15.4. The molecule has 0 atom stereocenters. The van der Waals surface area contributed by atoms with Gasteiger partial charge >= 0.3 is 0 Å². The van der Waals surface area contributed by atoms with E-state index in [2.05, 4.69) is 75.1 Å². The normalized spacial score (nSPS) is 12.2. The summed E-state index contributed by atoms with van der Waals surface area (Å²) in [5, 5.41) is 13.1. The highest BCUT2D eigenvalue weighted by Gasteiger charge is 2.23. The molecule has 0 aliphatic carbocycles. The van der Waals surface area contributed by atoms with Crippen LogP contribution in [0.15, 0.2) is 71.2 Å². The zero-order chi connectivity index (χ0) is 16.9. The van der Waals surface area contributed by atoms with Crippen LogP contribution in [0.4, 0.5) is 0 Å². The van der Waals surface area contributed by atoms with Crippen molar-refractivity contribution in [3.63, 3.8) is 0 Å². The Balaban J connectivity index is 2.18. The Morgan fingerprint density at radius 1 is 0.833 bits per heavy atom. The molecular formula is C21H18BrNO. The summed E-state index contributed by atoms with van der Waals surface area (Å²) in [5.41, 5.74) is 3.25. The first-order valence-electron chi connectivity index (χ1n) is 7.98. The lowest BCUT2D eigenvalue weighted by Crippen LogP contribution is -2.18. The van der Waals surface area contributed by atoms with Gasteiger partial charge in [0.2, 0.25) is 0 Å². The van der Waals surface area contributed by atoms with Crippen LogP contribution >= 0.6 is 15.9 Å². The quantitative estimate of drug-likeness (QED) is 0.469. The van der Waals surface area contributed by atoms with E-state index in [-0.39, 0.29) is 0 Å². The lowest BCUT2D eigenvalue weighted by atomic mass is 9.96. The minimum Gasteiger partial charge on any atom is -0.386 e. The Hall–Kier alpha value is -2.10. The van der Waals surface area contributed by atoms with Crippen LogP contribution in [0.2, 0.25) is 0 Å². The fourth-order valence-corrected chi connectivity index (χ4v) is 3.74. The Labute approximate surface area is 149 Å². The number of para-hydroxylation sites is 2. The molecule has 0 aliphatic rings. The summed E-state index contributed by atoms with van der Waals surface area (Å²) in [6.45, 7) is 3.65. The molecule has 4 rings (SSSR count). The summed E-state index contributed by atoms with van der Waals surface area (Å²) < 4.78 is 3.20. The molecule has 120 valence electrons.